The summed E-state index contributed by atoms with van der Waals surface area (Å²) >= 11 is 0. The molecule has 1 aliphatic rings. The zero-order valence-electron chi connectivity index (χ0n) is 9.80. The predicted molar refractivity (Wildman–Crippen MR) is 63.8 cm³/mol. The molecular weight excluding hydrogens is 214 g/mol. The van der Waals surface area contributed by atoms with Crippen molar-refractivity contribution in [2.24, 2.45) is 0 Å². The van der Waals surface area contributed by atoms with Gasteiger partial charge in [-0.05, 0) is 31.9 Å². The van der Waals surface area contributed by atoms with E-state index in [1.54, 1.807) is 6.20 Å². The third-order valence-electron chi connectivity index (χ3n) is 2.98. The van der Waals surface area contributed by atoms with Crippen LogP contribution in [-0.4, -0.2) is 26.0 Å². The van der Waals surface area contributed by atoms with Crippen LogP contribution in [0.4, 0.5) is 0 Å². The fourth-order valence-electron chi connectivity index (χ4n) is 1.82. The van der Waals surface area contributed by atoms with E-state index in [1.807, 2.05) is 29.9 Å². The van der Waals surface area contributed by atoms with Crippen LogP contribution in [0.2, 0.25) is 0 Å². The van der Waals surface area contributed by atoms with Gasteiger partial charge in [-0.2, -0.15) is 0 Å². The zero-order valence-corrected chi connectivity index (χ0v) is 9.80. The summed E-state index contributed by atoms with van der Waals surface area (Å²) in [5.74, 6) is 0. The van der Waals surface area contributed by atoms with Crippen molar-refractivity contribution in [3.05, 3.63) is 35.9 Å². The average Bonchev–Trinajstić information content (AvgIpc) is 3.06. The molecule has 1 saturated carbocycles. The maximum Gasteiger partial charge on any atom is 0.0879 e. The van der Waals surface area contributed by atoms with Crippen LogP contribution < -0.4 is 5.32 Å². The Labute approximate surface area is 99.9 Å². The van der Waals surface area contributed by atoms with E-state index in [0.717, 1.165) is 23.6 Å². The van der Waals surface area contributed by atoms with Gasteiger partial charge in [-0.3, -0.25) is 4.98 Å². The molecule has 0 radical (unpaired) electrons. The number of hydrogen-bond acceptors (Lipinski definition) is 4. The van der Waals surface area contributed by atoms with E-state index in [4.69, 9.17) is 0 Å². The van der Waals surface area contributed by atoms with Gasteiger partial charge in [0.2, 0.25) is 0 Å². The summed E-state index contributed by atoms with van der Waals surface area (Å²) in [6, 6.07) is 4.62. The van der Waals surface area contributed by atoms with Crippen molar-refractivity contribution in [2.45, 2.75) is 32.4 Å². The topological polar surface area (TPSA) is 55.6 Å². The van der Waals surface area contributed by atoms with Gasteiger partial charge in [-0.1, -0.05) is 5.21 Å². The van der Waals surface area contributed by atoms with Gasteiger partial charge in [0.25, 0.3) is 0 Å². The summed E-state index contributed by atoms with van der Waals surface area (Å²) in [5.41, 5.74) is 3.04. The summed E-state index contributed by atoms with van der Waals surface area (Å²) in [7, 11) is 0. The molecule has 0 spiro atoms. The Balaban J connectivity index is 1.86. The number of pyridine rings is 1. The van der Waals surface area contributed by atoms with Crippen LogP contribution >= 0.6 is 0 Å². The molecule has 5 nitrogen and oxygen atoms in total. The summed E-state index contributed by atoms with van der Waals surface area (Å²) in [6.45, 7) is 2.79. The molecule has 3 rings (SSSR count). The van der Waals surface area contributed by atoms with Crippen molar-refractivity contribution >= 4 is 0 Å². The average molecular weight is 229 g/mol. The lowest BCUT2D eigenvalue weighted by Crippen LogP contribution is -2.18. The quantitative estimate of drug-likeness (QED) is 0.856. The minimum atomic E-state index is 0.688. The van der Waals surface area contributed by atoms with Crippen LogP contribution in [0.25, 0.3) is 5.69 Å². The third-order valence-corrected chi connectivity index (χ3v) is 2.98. The van der Waals surface area contributed by atoms with Gasteiger partial charge in [-0.25, -0.2) is 4.68 Å². The van der Waals surface area contributed by atoms with Crippen molar-refractivity contribution in [1.82, 2.24) is 25.3 Å². The van der Waals surface area contributed by atoms with Gasteiger partial charge in [0.15, 0.2) is 0 Å². The van der Waals surface area contributed by atoms with Gasteiger partial charge < -0.3 is 5.32 Å². The molecule has 2 aromatic heterocycles. The standard InChI is InChI=1S/C12H15N5/c1-9-12(3-2-6-13-9)17-11(8-15-16-17)7-14-10-4-5-10/h2-3,6,8,10,14H,4-5,7H2,1H3. The van der Waals surface area contributed by atoms with E-state index in [1.165, 1.54) is 12.8 Å². The summed E-state index contributed by atoms with van der Waals surface area (Å²) in [4.78, 5) is 4.27. The molecule has 2 aromatic rings. The molecule has 2 heterocycles. The number of aryl methyl sites for hydroxylation is 1. The highest BCUT2D eigenvalue weighted by atomic mass is 15.4. The first kappa shape index (κ1) is 10.4. The molecule has 1 fully saturated rings. The van der Waals surface area contributed by atoms with Gasteiger partial charge in [0.05, 0.1) is 23.3 Å². The van der Waals surface area contributed by atoms with Crippen molar-refractivity contribution in [3.63, 3.8) is 0 Å². The summed E-state index contributed by atoms with van der Waals surface area (Å²) < 4.78 is 1.86. The molecular formula is C12H15N5. The third kappa shape index (κ3) is 2.19. The molecule has 1 N–H and O–H groups in total. The molecule has 0 unspecified atom stereocenters. The first-order valence-corrected chi connectivity index (χ1v) is 5.89. The SMILES string of the molecule is Cc1ncccc1-n1nncc1CNC1CC1. The van der Waals surface area contributed by atoms with Crippen LogP contribution in [-0.2, 0) is 6.54 Å². The van der Waals surface area contributed by atoms with Crippen molar-refractivity contribution < 1.29 is 0 Å². The summed E-state index contributed by atoms with van der Waals surface area (Å²) in [5, 5.41) is 11.6. The monoisotopic (exact) mass is 229 g/mol. The molecule has 0 saturated heterocycles. The van der Waals surface area contributed by atoms with Crippen LogP contribution in [0.15, 0.2) is 24.5 Å². The molecule has 0 atom stereocenters. The van der Waals surface area contributed by atoms with Crippen LogP contribution in [0.1, 0.15) is 24.2 Å². The van der Waals surface area contributed by atoms with Gasteiger partial charge in [0.1, 0.15) is 0 Å². The molecule has 0 aliphatic heterocycles. The molecule has 5 heteroatoms. The van der Waals surface area contributed by atoms with Crippen molar-refractivity contribution in [3.8, 4) is 5.69 Å². The second kappa shape index (κ2) is 4.25. The number of rotatable bonds is 4. The maximum absolute atomic E-state index is 4.27. The number of aromatic nitrogens is 4. The largest absolute Gasteiger partial charge is 0.308 e. The van der Waals surface area contributed by atoms with Gasteiger partial charge in [-0.15, -0.1) is 5.10 Å². The second-order valence-corrected chi connectivity index (χ2v) is 4.40. The highest BCUT2D eigenvalue weighted by Gasteiger charge is 2.21. The van der Waals surface area contributed by atoms with Crippen LogP contribution in [0.3, 0.4) is 0 Å². The Hall–Kier alpha value is -1.75. The lowest BCUT2D eigenvalue weighted by atomic mass is 10.3. The van der Waals surface area contributed by atoms with Crippen molar-refractivity contribution in [2.75, 3.05) is 0 Å². The van der Waals surface area contributed by atoms with Crippen LogP contribution in [0.5, 0.6) is 0 Å². The van der Waals surface area contributed by atoms with Crippen molar-refractivity contribution in [1.29, 1.82) is 0 Å². The number of nitrogens with zero attached hydrogens (tertiary/aromatic N) is 4. The van der Waals surface area contributed by atoms with Gasteiger partial charge >= 0.3 is 0 Å². The summed E-state index contributed by atoms with van der Waals surface area (Å²) in [6.07, 6.45) is 6.17. The van der Waals surface area contributed by atoms with E-state index < -0.39 is 0 Å². The van der Waals surface area contributed by atoms with E-state index in [0.29, 0.717) is 6.04 Å². The van der Waals surface area contributed by atoms with E-state index in [-0.39, 0.29) is 0 Å². The Kier molecular flexibility index (Phi) is 2.60. The number of hydrogen-bond donors (Lipinski definition) is 1. The minimum Gasteiger partial charge on any atom is -0.308 e. The Morgan fingerprint density at radius 1 is 1.47 bits per heavy atom. The van der Waals surface area contributed by atoms with E-state index in [2.05, 4.69) is 20.6 Å². The second-order valence-electron chi connectivity index (χ2n) is 4.40. The Bertz CT molecular complexity index is 515. The fraction of sp³-hybridized carbons (Fsp3) is 0.417. The van der Waals surface area contributed by atoms with Gasteiger partial charge in [0, 0.05) is 18.8 Å². The van der Waals surface area contributed by atoms with E-state index in [9.17, 15) is 0 Å². The highest BCUT2D eigenvalue weighted by molar-refractivity contribution is 5.35. The Morgan fingerprint density at radius 2 is 2.35 bits per heavy atom. The van der Waals surface area contributed by atoms with Crippen LogP contribution in [0, 0.1) is 6.92 Å². The molecule has 1 aliphatic carbocycles. The fourth-order valence-corrected chi connectivity index (χ4v) is 1.82. The molecule has 17 heavy (non-hydrogen) atoms. The number of nitrogens with one attached hydrogen (secondary N) is 1. The molecule has 0 bridgehead atoms. The highest BCUT2D eigenvalue weighted by Crippen LogP contribution is 2.19. The normalized spacial score (nSPS) is 15.1. The molecule has 0 aromatic carbocycles. The van der Waals surface area contributed by atoms with E-state index >= 15 is 0 Å². The smallest absolute Gasteiger partial charge is 0.0879 e. The molecule has 88 valence electrons. The molecule has 0 amide bonds. The lowest BCUT2D eigenvalue weighted by Gasteiger charge is -2.08. The maximum atomic E-state index is 4.27. The predicted octanol–water partition coefficient (Wildman–Crippen LogP) is 1.22. The minimum absolute atomic E-state index is 0.688. The first-order valence-electron chi connectivity index (χ1n) is 5.89. The lowest BCUT2D eigenvalue weighted by molar-refractivity contribution is 0.645. The first-order chi connectivity index (χ1) is 8.34. The zero-order chi connectivity index (χ0) is 11.7. The Morgan fingerprint density at radius 3 is 3.12 bits per heavy atom.